The summed E-state index contributed by atoms with van der Waals surface area (Å²) in [5.74, 6) is 1.11. The van der Waals surface area contributed by atoms with Gasteiger partial charge in [0.1, 0.15) is 11.9 Å². The molecule has 0 N–H and O–H groups in total. The van der Waals surface area contributed by atoms with E-state index in [-0.39, 0.29) is 5.91 Å². The first-order valence-electron chi connectivity index (χ1n) is 8.65. The van der Waals surface area contributed by atoms with E-state index in [0.717, 1.165) is 51.5 Å². The van der Waals surface area contributed by atoms with Gasteiger partial charge in [0.25, 0.3) is 5.91 Å². The molecule has 1 aromatic rings. The number of ether oxygens (including phenoxy) is 2. The van der Waals surface area contributed by atoms with Crippen LogP contribution in [0.1, 0.15) is 18.1 Å². The number of hydrogen-bond acceptors (Lipinski definition) is 4. The van der Waals surface area contributed by atoms with Gasteiger partial charge in [0.2, 0.25) is 0 Å². The Morgan fingerprint density at radius 2 is 2.17 bits per heavy atom. The molecule has 1 amide bonds. The van der Waals surface area contributed by atoms with Crippen LogP contribution in [0, 0.1) is 0 Å². The highest BCUT2D eigenvalue weighted by Crippen LogP contribution is 2.26. The van der Waals surface area contributed by atoms with E-state index in [1.807, 2.05) is 11.8 Å². The lowest BCUT2D eigenvalue weighted by atomic mass is 10.1. The molecule has 0 aromatic heterocycles. The second-order valence-electron chi connectivity index (χ2n) is 6.41. The average Bonchev–Trinajstić information content (AvgIpc) is 3.07. The third kappa shape index (κ3) is 3.97. The molecule has 24 heavy (non-hydrogen) atoms. The summed E-state index contributed by atoms with van der Waals surface area (Å²) in [6.45, 7) is 10.9. The minimum absolute atomic E-state index is 0.0752. The van der Waals surface area contributed by atoms with Gasteiger partial charge in [-0.2, -0.15) is 0 Å². The molecular weight excluding hydrogens is 304 g/mol. The average molecular weight is 330 g/mol. The van der Waals surface area contributed by atoms with Crippen molar-refractivity contribution in [1.29, 1.82) is 0 Å². The number of nitrogens with zero attached hydrogens (tertiary/aromatic N) is 2. The quantitative estimate of drug-likeness (QED) is 0.747. The topological polar surface area (TPSA) is 42.0 Å². The van der Waals surface area contributed by atoms with E-state index < -0.39 is 6.10 Å². The van der Waals surface area contributed by atoms with Gasteiger partial charge in [0.05, 0.1) is 13.2 Å². The predicted octanol–water partition coefficient (Wildman–Crippen LogP) is 1.86. The number of hydrogen-bond donors (Lipinski definition) is 0. The predicted molar refractivity (Wildman–Crippen MR) is 93.1 cm³/mol. The van der Waals surface area contributed by atoms with Crippen molar-refractivity contribution in [2.45, 2.75) is 26.0 Å². The van der Waals surface area contributed by atoms with Gasteiger partial charge in [-0.3, -0.25) is 9.69 Å². The van der Waals surface area contributed by atoms with Crippen molar-refractivity contribution >= 4 is 5.91 Å². The van der Waals surface area contributed by atoms with Crippen LogP contribution in [-0.4, -0.2) is 61.2 Å². The molecule has 0 bridgehead atoms. The van der Waals surface area contributed by atoms with Gasteiger partial charge in [-0.05, 0) is 24.1 Å². The summed E-state index contributed by atoms with van der Waals surface area (Å²) in [5.41, 5.74) is 2.64. The largest absolute Gasteiger partial charge is 0.493 e. The Hall–Kier alpha value is -1.85. The molecule has 5 nitrogen and oxygen atoms in total. The van der Waals surface area contributed by atoms with Crippen LogP contribution < -0.4 is 4.74 Å². The lowest BCUT2D eigenvalue weighted by molar-refractivity contribution is -0.143. The molecule has 1 saturated heterocycles. The third-order valence-electron chi connectivity index (χ3n) is 4.66. The number of piperazine rings is 1. The fourth-order valence-corrected chi connectivity index (χ4v) is 3.26. The number of carbonyl (C=O) groups excluding carboxylic acids is 1. The normalized spacial score (nSPS) is 18.8. The van der Waals surface area contributed by atoms with Crippen LogP contribution in [0.5, 0.6) is 5.75 Å². The van der Waals surface area contributed by atoms with Crippen LogP contribution >= 0.6 is 0 Å². The molecule has 5 heteroatoms. The molecular formula is C19H26N2O3. The minimum Gasteiger partial charge on any atom is -0.493 e. The maximum Gasteiger partial charge on any atom is 0.251 e. The molecule has 1 fully saturated rings. The lowest BCUT2D eigenvalue weighted by Gasteiger charge is -2.35. The van der Waals surface area contributed by atoms with E-state index in [1.165, 1.54) is 11.1 Å². The number of amides is 1. The first-order valence-corrected chi connectivity index (χ1v) is 8.65. The lowest BCUT2D eigenvalue weighted by Crippen LogP contribution is -2.51. The molecule has 130 valence electrons. The molecule has 0 spiro atoms. The van der Waals surface area contributed by atoms with E-state index in [2.05, 4.69) is 29.7 Å². The van der Waals surface area contributed by atoms with Gasteiger partial charge in [-0.25, -0.2) is 0 Å². The first kappa shape index (κ1) is 17.0. The Morgan fingerprint density at radius 3 is 2.92 bits per heavy atom. The molecule has 1 atom stereocenters. The van der Waals surface area contributed by atoms with Gasteiger partial charge in [-0.15, -0.1) is 6.58 Å². The van der Waals surface area contributed by atoms with E-state index in [9.17, 15) is 4.79 Å². The number of carbonyl (C=O) groups is 1. The zero-order chi connectivity index (χ0) is 16.9. The van der Waals surface area contributed by atoms with Crippen LogP contribution in [0.3, 0.4) is 0 Å². The van der Waals surface area contributed by atoms with Gasteiger partial charge < -0.3 is 14.4 Å². The Morgan fingerprint density at radius 1 is 1.38 bits per heavy atom. The second kappa shape index (κ2) is 7.81. The minimum atomic E-state index is -0.397. The van der Waals surface area contributed by atoms with Crippen LogP contribution in [0.2, 0.25) is 0 Å². The van der Waals surface area contributed by atoms with E-state index >= 15 is 0 Å². The van der Waals surface area contributed by atoms with Crippen LogP contribution in [0.15, 0.2) is 30.9 Å². The Balaban J connectivity index is 1.48. The van der Waals surface area contributed by atoms with Gasteiger partial charge in [-0.1, -0.05) is 18.2 Å². The van der Waals surface area contributed by atoms with Gasteiger partial charge in [0, 0.05) is 39.1 Å². The van der Waals surface area contributed by atoms with E-state index in [1.54, 1.807) is 6.08 Å². The second-order valence-corrected chi connectivity index (χ2v) is 6.41. The number of benzene rings is 1. The molecule has 0 unspecified atom stereocenters. The molecule has 2 heterocycles. The van der Waals surface area contributed by atoms with Crippen molar-refractivity contribution < 1.29 is 14.3 Å². The molecule has 3 rings (SSSR count). The first-order chi connectivity index (χ1) is 11.7. The number of fused-ring (bicyclic) bond motifs is 1. The molecule has 0 aliphatic carbocycles. The SMILES string of the molecule is C=CCO[C@H](C)C(=O)N1CCN(Cc2ccc3c(c2)CCO3)CC1. The van der Waals surface area contributed by atoms with Crippen molar-refractivity contribution in [3.8, 4) is 5.75 Å². The van der Waals surface area contributed by atoms with Crippen molar-refractivity contribution in [1.82, 2.24) is 9.80 Å². The highest BCUT2D eigenvalue weighted by atomic mass is 16.5. The molecule has 0 radical (unpaired) electrons. The zero-order valence-electron chi connectivity index (χ0n) is 14.4. The molecule has 1 aromatic carbocycles. The molecule has 0 saturated carbocycles. The zero-order valence-corrected chi connectivity index (χ0v) is 14.4. The van der Waals surface area contributed by atoms with Crippen molar-refractivity contribution in [3.63, 3.8) is 0 Å². The van der Waals surface area contributed by atoms with Crippen LogP contribution in [-0.2, 0) is 22.5 Å². The van der Waals surface area contributed by atoms with Crippen LogP contribution in [0.4, 0.5) is 0 Å². The summed E-state index contributed by atoms with van der Waals surface area (Å²) < 4.78 is 11.0. The Bertz CT molecular complexity index is 594. The fraction of sp³-hybridized carbons (Fsp3) is 0.526. The summed E-state index contributed by atoms with van der Waals surface area (Å²) in [4.78, 5) is 16.6. The number of rotatable bonds is 6. The van der Waals surface area contributed by atoms with Crippen molar-refractivity contribution in [3.05, 3.63) is 42.0 Å². The Labute approximate surface area is 143 Å². The monoisotopic (exact) mass is 330 g/mol. The van der Waals surface area contributed by atoms with Gasteiger partial charge in [0.15, 0.2) is 0 Å². The van der Waals surface area contributed by atoms with Crippen molar-refractivity contribution in [2.24, 2.45) is 0 Å². The molecule has 2 aliphatic heterocycles. The highest BCUT2D eigenvalue weighted by Gasteiger charge is 2.25. The van der Waals surface area contributed by atoms with E-state index in [4.69, 9.17) is 9.47 Å². The Kier molecular flexibility index (Phi) is 5.53. The smallest absolute Gasteiger partial charge is 0.251 e. The summed E-state index contributed by atoms with van der Waals surface area (Å²) in [6.07, 6.45) is 2.28. The van der Waals surface area contributed by atoms with Crippen molar-refractivity contribution in [2.75, 3.05) is 39.4 Å². The summed E-state index contributed by atoms with van der Waals surface area (Å²) >= 11 is 0. The summed E-state index contributed by atoms with van der Waals surface area (Å²) in [5, 5.41) is 0. The fourth-order valence-electron chi connectivity index (χ4n) is 3.26. The van der Waals surface area contributed by atoms with Crippen LogP contribution in [0.25, 0.3) is 0 Å². The van der Waals surface area contributed by atoms with E-state index in [0.29, 0.717) is 6.61 Å². The summed E-state index contributed by atoms with van der Waals surface area (Å²) in [7, 11) is 0. The maximum absolute atomic E-state index is 12.3. The maximum atomic E-state index is 12.3. The molecule has 2 aliphatic rings. The third-order valence-corrected chi connectivity index (χ3v) is 4.66. The summed E-state index contributed by atoms with van der Waals surface area (Å²) in [6, 6.07) is 6.48. The highest BCUT2D eigenvalue weighted by molar-refractivity contribution is 5.80. The standard InChI is InChI=1S/C19H26N2O3/c1-3-11-23-15(2)19(22)21-9-7-20(8-10-21)14-16-4-5-18-17(13-16)6-12-24-18/h3-5,13,15H,1,6-12,14H2,2H3/t15-/m1/s1. The van der Waals surface area contributed by atoms with Gasteiger partial charge >= 0.3 is 0 Å².